The molecule has 0 aliphatic heterocycles. The van der Waals surface area contributed by atoms with Crippen LogP contribution in [0.25, 0.3) is 0 Å². The minimum Gasteiger partial charge on any atom is -0.107 e. The Hall–Kier alpha value is 1.16. The van der Waals surface area contributed by atoms with Crippen molar-refractivity contribution < 1.29 is 0 Å². The second-order valence-electron chi connectivity index (χ2n) is 2.84. The van der Waals surface area contributed by atoms with Crippen LogP contribution >= 0.6 is 31.9 Å². The third-order valence-electron chi connectivity index (χ3n) is 1.62. The quantitative estimate of drug-likeness (QED) is 0.504. The fraction of sp³-hybridized carbons (Fsp3) is 1.00. The van der Waals surface area contributed by atoms with Gasteiger partial charge in [0, 0.05) is 0 Å². The molecular weight excluding hydrogens is 266 g/mol. The fourth-order valence-electron chi connectivity index (χ4n) is 1.28. The van der Waals surface area contributed by atoms with Gasteiger partial charge in [0.25, 0.3) is 0 Å². The summed E-state index contributed by atoms with van der Waals surface area (Å²) in [7, 11) is 0.439. The van der Waals surface area contributed by atoms with E-state index in [1.807, 2.05) is 0 Å². The van der Waals surface area contributed by atoms with Gasteiger partial charge < -0.3 is 0 Å². The highest BCUT2D eigenvalue weighted by Crippen LogP contribution is 2.37. The molecule has 0 bridgehead atoms. The van der Waals surface area contributed by atoms with E-state index in [9.17, 15) is 0 Å². The van der Waals surface area contributed by atoms with Crippen LogP contribution in [0.3, 0.4) is 0 Å². The van der Waals surface area contributed by atoms with Crippen LogP contribution in [0.2, 0.25) is 0 Å². The van der Waals surface area contributed by atoms with Crippen molar-refractivity contribution in [3.8, 4) is 0 Å². The van der Waals surface area contributed by atoms with Crippen molar-refractivity contribution in [3.63, 3.8) is 0 Å². The maximum Gasteiger partial charge on any atom is -0.0329 e. The van der Waals surface area contributed by atoms with Crippen molar-refractivity contribution in [3.05, 3.63) is 0 Å². The average molecular weight is 288 g/mol. The molecule has 0 heterocycles. The lowest BCUT2D eigenvalue weighted by Crippen LogP contribution is -1.92. The molecule has 0 nitrogen and oxygen atoms in total. The van der Waals surface area contributed by atoms with Crippen LogP contribution in [0.5, 0.6) is 0 Å². The third kappa shape index (κ3) is 9.07. The Morgan fingerprint density at radius 3 is 1.18 bits per heavy atom. The minimum atomic E-state index is 0. The first-order valence-electron chi connectivity index (χ1n) is 4.57. The Kier molecular flexibility index (Phi) is 14.9. The first-order chi connectivity index (χ1) is 4.85. The second kappa shape index (κ2) is 11.2. The summed E-state index contributed by atoms with van der Waals surface area (Å²) in [5.74, 6) is 0. The molecule has 0 amide bonds. The average Bonchev–Trinajstić information content (AvgIpc) is 1.90. The molecule has 0 aromatic carbocycles. The summed E-state index contributed by atoms with van der Waals surface area (Å²) >= 11 is 0. The monoisotopic (exact) mass is 288 g/mol. The summed E-state index contributed by atoms with van der Waals surface area (Å²) < 4.78 is 0. The topological polar surface area (TPSA) is 0 Å². The molecule has 0 fully saturated rings. The summed E-state index contributed by atoms with van der Waals surface area (Å²) in [5.41, 5.74) is 0. The van der Waals surface area contributed by atoms with Gasteiger partial charge in [-0.3, -0.25) is 0 Å². The van der Waals surface area contributed by atoms with Gasteiger partial charge in [-0.25, -0.2) is 0 Å². The van der Waals surface area contributed by atoms with Crippen LogP contribution in [-0.2, 0) is 0 Å². The van der Waals surface area contributed by atoms with Crippen molar-refractivity contribution in [1.82, 2.24) is 0 Å². The van der Waals surface area contributed by atoms with Crippen molar-refractivity contribution >= 4 is 31.9 Å². The van der Waals surface area contributed by atoms with Gasteiger partial charge in [-0.15, -0.1) is 31.9 Å². The van der Waals surface area contributed by atoms with E-state index in [-0.39, 0.29) is 24.0 Å². The van der Waals surface area contributed by atoms with Gasteiger partial charge in [0.05, 0.1) is 0 Å². The number of halogens is 1. The predicted molar refractivity (Wildman–Crippen MR) is 67.8 cm³/mol. The Morgan fingerprint density at radius 1 is 0.727 bits per heavy atom. The van der Waals surface area contributed by atoms with Gasteiger partial charge in [0.1, 0.15) is 0 Å². The standard InChI is InChI=1S/C9H21P.HI/c1-4-7-10(8-5-2)9-6-3;/h4-9H2,1-3H3;1H. The van der Waals surface area contributed by atoms with Crippen LogP contribution in [0.1, 0.15) is 40.0 Å². The van der Waals surface area contributed by atoms with E-state index in [0.29, 0.717) is 7.92 Å². The summed E-state index contributed by atoms with van der Waals surface area (Å²) in [6, 6.07) is 0. The van der Waals surface area contributed by atoms with Crippen molar-refractivity contribution in [2.45, 2.75) is 40.0 Å². The number of rotatable bonds is 6. The zero-order valence-electron chi connectivity index (χ0n) is 8.10. The first-order valence-corrected chi connectivity index (χ1v) is 6.47. The molecule has 2 heteroatoms. The second-order valence-corrected chi connectivity index (χ2v) is 5.52. The molecule has 0 radical (unpaired) electrons. The van der Waals surface area contributed by atoms with E-state index >= 15 is 0 Å². The molecule has 0 aromatic rings. The molecule has 0 aliphatic rings. The van der Waals surface area contributed by atoms with Crippen molar-refractivity contribution in [2.75, 3.05) is 18.5 Å². The predicted octanol–water partition coefficient (Wildman–Crippen LogP) is 4.32. The number of hydrogen-bond acceptors (Lipinski definition) is 0. The van der Waals surface area contributed by atoms with Crippen molar-refractivity contribution in [1.29, 1.82) is 0 Å². The number of hydrogen-bond donors (Lipinski definition) is 0. The van der Waals surface area contributed by atoms with E-state index < -0.39 is 0 Å². The highest BCUT2D eigenvalue weighted by molar-refractivity contribution is 14.0. The van der Waals surface area contributed by atoms with Gasteiger partial charge in [-0.2, -0.15) is 0 Å². The van der Waals surface area contributed by atoms with E-state index in [2.05, 4.69) is 20.8 Å². The molecule has 0 aliphatic carbocycles. The van der Waals surface area contributed by atoms with Gasteiger partial charge >= 0.3 is 0 Å². The fourth-order valence-corrected chi connectivity index (χ4v) is 3.85. The molecule has 0 aromatic heterocycles. The summed E-state index contributed by atoms with van der Waals surface area (Å²) in [6.45, 7) is 6.92. The zero-order valence-corrected chi connectivity index (χ0v) is 11.3. The van der Waals surface area contributed by atoms with Crippen LogP contribution in [0, 0.1) is 0 Å². The maximum absolute atomic E-state index is 2.31. The SMILES string of the molecule is CCCP(CCC)CCC.I. The van der Waals surface area contributed by atoms with Crippen LogP contribution in [0.15, 0.2) is 0 Å². The Bertz CT molecular complexity index is 52.3. The highest BCUT2D eigenvalue weighted by atomic mass is 127. The lowest BCUT2D eigenvalue weighted by Gasteiger charge is -2.13. The normalized spacial score (nSPS) is 9.82. The molecule has 0 spiro atoms. The molecule has 0 atom stereocenters. The summed E-state index contributed by atoms with van der Waals surface area (Å²) in [6.07, 6.45) is 8.72. The smallest absolute Gasteiger partial charge is 0.0329 e. The lowest BCUT2D eigenvalue weighted by molar-refractivity contribution is 1.02. The molecule has 0 unspecified atom stereocenters. The molecule has 0 N–H and O–H groups in total. The van der Waals surface area contributed by atoms with Crippen LogP contribution < -0.4 is 0 Å². The van der Waals surface area contributed by atoms with Crippen LogP contribution in [-0.4, -0.2) is 18.5 Å². The van der Waals surface area contributed by atoms with Gasteiger partial charge in [0.15, 0.2) is 0 Å². The Morgan fingerprint density at radius 2 is 1.00 bits per heavy atom. The third-order valence-corrected chi connectivity index (χ3v) is 4.86. The Labute approximate surface area is 90.3 Å². The Balaban J connectivity index is 0. The van der Waals surface area contributed by atoms with Crippen LogP contribution in [0.4, 0.5) is 0 Å². The molecule has 0 rings (SSSR count). The van der Waals surface area contributed by atoms with Gasteiger partial charge in [-0.05, 0) is 18.5 Å². The minimum absolute atomic E-state index is 0. The largest absolute Gasteiger partial charge is 0.107 e. The molecule has 0 saturated heterocycles. The van der Waals surface area contributed by atoms with Gasteiger partial charge in [-0.1, -0.05) is 40.0 Å². The van der Waals surface area contributed by atoms with E-state index in [0.717, 1.165) is 0 Å². The molecule has 11 heavy (non-hydrogen) atoms. The highest BCUT2D eigenvalue weighted by Gasteiger charge is 2.02. The first kappa shape index (κ1) is 14.7. The summed E-state index contributed by atoms with van der Waals surface area (Å²) in [4.78, 5) is 0. The van der Waals surface area contributed by atoms with E-state index in [1.54, 1.807) is 0 Å². The summed E-state index contributed by atoms with van der Waals surface area (Å²) in [5, 5.41) is 0. The molecule has 70 valence electrons. The molecular formula is C9H22IP. The maximum atomic E-state index is 2.31. The van der Waals surface area contributed by atoms with Crippen molar-refractivity contribution in [2.24, 2.45) is 0 Å². The van der Waals surface area contributed by atoms with Gasteiger partial charge in [0.2, 0.25) is 0 Å². The van der Waals surface area contributed by atoms with E-state index in [4.69, 9.17) is 0 Å². The van der Waals surface area contributed by atoms with E-state index in [1.165, 1.54) is 37.7 Å². The zero-order chi connectivity index (χ0) is 7.82. The lowest BCUT2D eigenvalue weighted by atomic mass is 10.6. The molecule has 0 saturated carbocycles.